The molecule has 0 spiro atoms. The number of hydrogen-bond acceptors (Lipinski definition) is 6. The van der Waals surface area contributed by atoms with Crippen LogP contribution in [0.25, 0.3) is 0 Å². The zero-order chi connectivity index (χ0) is 54.3. The van der Waals surface area contributed by atoms with Crippen molar-refractivity contribution in [2.45, 2.75) is 335 Å². The van der Waals surface area contributed by atoms with Crippen molar-refractivity contribution in [1.29, 1.82) is 0 Å². The van der Waals surface area contributed by atoms with E-state index in [9.17, 15) is 14.4 Å². The third-order valence-electron chi connectivity index (χ3n) is 14.2. The molecule has 0 bridgehead atoms. The molecule has 0 aromatic rings. The summed E-state index contributed by atoms with van der Waals surface area (Å²) < 4.78 is 16.9. The maximum absolute atomic E-state index is 12.9. The van der Waals surface area contributed by atoms with E-state index in [2.05, 4.69) is 93.7 Å². The molecular weight excluding hydrogens is 925 g/mol. The van der Waals surface area contributed by atoms with Crippen LogP contribution in [0.15, 0.2) is 72.9 Å². The van der Waals surface area contributed by atoms with E-state index in [4.69, 9.17) is 14.2 Å². The summed E-state index contributed by atoms with van der Waals surface area (Å²) in [5.74, 6) is -0.876. The topological polar surface area (TPSA) is 78.9 Å². The van der Waals surface area contributed by atoms with Crippen molar-refractivity contribution < 1.29 is 28.6 Å². The van der Waals surface area contributed by atoms with Gasteiger partial charge in [0.2, 0.25) is 0 Å². The van der Waals surface area contributed by atoms with Crippen molar-refractivity contribution in [3.05, 3.63) is 72.9 Å². The number of rotatable bonds is 59. The maximum atomic E-state index is 12.9. The predicted molar refractivity (Wildman–Crippen MR) is 325 cm³/mol. The highest BCUT2D eigenvalue weighted by Gasteiger charge is 2.19. The Morgan fingerprint density at radius 1 is 0.280 bits per heavy atom. The Labute approximate surface area is 465 Å². The molecule has 0 amide bonds. The van der Waals surface area contributed by atoms with E-state index < -0.39 is 6.10 Å². The molecule has 0 aliphatic carbocycles. The molecule has 0 aromatic carbocycles. The molecule has 0 N–H and O–H groups in total. The fraction of sp³-hybridized carbons (Fsp3) is 0.783. The maximum Gasteiger partial charge on any atom is 0.306 e. The minimum absolute atomic E-state index is 0.0766. The molecule has 1 unspecified atom stereocenters. The molecule has 0 radical (unpaired) electrons. The fourth-order valence-corrected chi connectivity index (χ4v) is 9.29. The number of carbonyl (C=O) groups excluding carboxylic acids is 3. The van der Waals surface area contributed by atoms with Crippen molar-refractivity contribution >= 4 is 17.9 Å². The highest BCUT2D eigenvalue weighted by molar-refractivity contribution is 5.71. The van der Waals surface area contributed by atoms with Gasteiger partial charge in [0.1, 0.15) is 13.2 Å². The summed E-state index contributed by atoms with van der Waals surface area (Å²) in [7, 11) is 0. The van der Waals surface area contributed by atoms with Gasteiger partial charge in [-0.15, -0.1) is 0 Å². The lowest BCUT2D eigenvalue weighted by Gasteiger charge is -2.18. The average molecular weight is 1050 g/mol. The second kappa shape index (κ2) is 63.4. The van der Waals surface area contributed by atoms with Crippen molar-refractivity contribution in [2.24, 2.45) is 0 Å². The van der Waals surface area contributed by atoms with Crippen molar-refractivity contribution in [1.82, 2.24) is 0 Å². The summed E-state index contributed by atoms with van der Waals surface area (Å²) in [6.07, 6.45) is 82.1. The molecule has 0 saturated carbocycles. The van der Waals surface area contributed by atoms with Gasteiger partial charge in [-0.2, -0.15) is 0 Å². The number of unbranched alkanes of at least 4 members (excludes halogenated alkanes) is 36. The third-order valence-corrected chi connectivity index (χ3v) is 14.2. The number of esters is 3. The van der Waals surface area contributed by atoms with Crippen LogP contribution < -0.4 is 0 Å². The molecule has 434 valence electrons. The zero-order valence-electron chi connectivity index (χ0n) is 49.8. The van der Waals surface area contributed by atoms with Gasteiger partial charge in [-0.25, -0.2) is 0 Å². The normalized spacial score (nSPS) is 12.5. The van der Waals surface area contributed by atoms with Crippen LogP contribution >= 0.6 is 0 Å². The zero-order valence-corrected chi connectivity index (χ0v) is 49.8. The quantitative estimate of drug-likeness (QED) is 0.0261. The van der Waals surface area contributed by atoms with Gasteiger partial charge in [0.15, 0.2) is 6.10 Å². The third kappa shape index (κ3) is 61.6. The van der Waals surface area contributed by atoms with E-state index in [0.717, 1.165) is 89.9 Å². The molecule has 0 fully saturated rings. The summed E-state index contributed by atoms with van der Waals surface area (Å²) in [5.41, 5.74) is 0. The van der Waals surface area contributed by atoms with Gasteiger partial charge in [0.25, 0.3) is 0 Å². The lowest BCUT2D eigenvalue weighted by molar-refractivity contribution is -0.167. The van der Waals surface area contributed by atoms with E-state index in [1.54, 1.807) is 0 Å². The van der Waals surface area contributed by atoms with E-state index in [0.29, 0.717) is 19.3 Å². The van der Waals surface area contributed by atoms with Crippen molar-refractivity contribution in [3.8, 4) is 0 Å². The van der Waals surface area contributed by atoms with Crippen LogP contribution in [0.5, 0.6) is 0 Å². The fourth-order valence-electron chi connectivity index (χ4n) is 9.29. The summed E-state index contributed by atoms with van der Waals surface area (Å²) >= 11 is 0. The van der Waals surface area contributed by atoms with Crippen LogP contribution in [0.3, 0.4) is 0 Å². The van der Waals surface area contributed by atoms with Crippen LogP contribution in [0.2, 0.25) is 0 Å². The summed E-state index contributed by atoms with van der Waals surface area (Å²) in [6, 6.07) is 0. The first-order chi connectivity index (χ1) is 37.0. The molecule has 6 heteroatoms. The molecule has 0 heterocycles. The standard InChI is InChI=1S/C69H122O6/c1-4-7-10-13-16-19-22-24-26-28-29-30-31-32-33-34-35-36-37-38-39-41-42-44-47-50-53-56-59-62-68(71)74-65-66(64-73-67(70)61-58-55-52-49-46-21-18-15-12-9-6-3)75-69(72)63-60-57-54-51-48-45-43-40-27-25-23-20-17-14-11-8-5-2/h7,10,15-16,18-19,24-27,29-30,66H,4-6,8-9,11-14,17,20-23,28,31-65H2,1-3H3/b10-7-,18-15-,19-16-,26-24-,27-25-,30-29-. The monoisotopic (exact) mass is 1050 g/mol. The van der Waals surface area contributed by atoms with Gasteiger partial charge in [0, 0.05) is 19.3 Å². The molecular formula is C69H122O6. The molecule has 0 saturated heterocycles. The highest BCUT2D eigenvalue weighted by Crippen LogP contribution is 2.17. The molecule has 75 heavy (non-hydrogen) atoms. The van der Waals surface area contributed by atoms with Gasteiger partial charge >= 0.3 is 17.9 Å². The number of hydrogen-bond donors (Lipinski definition) is 0. The minimum Gasteiger partial charge on any atom is -0.462 e. The first-order valence-electron chi connectivity index (χ1n) is 32.4. The van der Waals surface area contributed by atoms with Crippen LogP contribution in [0.4, 0.5) is 0 Å². The second-order valence-electron chi connectivity index (χ2n) is 21.6. The molecule has 0 aliphatic rings. The molecule has 6 nitrogen and oxygen atoms in total. The largest absolute Gasteiger partial charge is 0.462 e. The molecule has 0 aromatic heterocycles. The molecule has 1 atom stereocenters. The number of carbonyl (C=O) groups is 3. The Kier molecular flexibility index (Phi) is 60.7. The predicted octanol–water partition coefficient (Wildman–Crippen LogP) is 22.1. The van der Waals surface area contributed by atoms with Crippen LogP contribution in [0, 0.1) is 0 Å². The lowest BCUT2D eigenvalue weighted by Crippen LogP contribution is -2.30. The molecule has 0 rings (SSSR count). The van der Waals surface area contributed by atoms with Gasteiger partial charge in [-0.3, -0.25) is 14.4 Å². The first kappa shape index (κ1) is 71.8. The average Bonchev–Trinajstić information content (AvgIpc) is 3.41. The van der Waals surface area contributed by atoms with Gasteiger partial charge in [0.05, 0.1) is 0 Å². The Morgan fingerprint density at radius 2 is 0.533 bits per heavy atom. The summed E-state index contributed by atoms with van der Waals surface area (Å²) in [4.78, 5) is 38.2. The minimum atomic E-state index is -0.779. The Hall–Kier alpha value is -3.15. The van der Waals surface area contributed by atoms with Crippen molar-refractivity contribution in [3.63, 3.8) is 0 Å². The van der Waals surface area contributed by atoms with E-state index >= 15 is 0 Å². The summed E-state index contributed by atoms with van der Waals surface area (Å²) in [5, 5.41) is 0. The van der Waals surface area contributed by atoms with Crippen LogP contribution in [0.1, 0.15) is 329 Å². The van der Waals surface area contributed by atoms with E-state index in [1.807, 2.05) is 0 Å². The Balaban J connectivity index is 4.18. The van der Waals surface area contributed by atoms with E-state index in [1.165, 1.54) is 199 Å². The van der Waals surface area contributed by atoms with E-state index in [-0.39, 0.29) is 31.1 Å². The lowest BCUT2D eigenvalue weighted by atomic mass is 10.0. The number of ether oxygens (including phenoxy) is 3. The SMILES string of the molecule is CC/C=C\C/C=C\C/C=C\C/C=C\CCCCCCCCCCCCCCCCCCC(=O)OCC(COC(=O)CCCCCCC/C=C\CCCC)OC(=O)CCCCCCCCC/C=C\CCCCCCCC. The summed E-state index contributed by atoms with van der Waals surface area (Å²) in [6.45, 7) is 6.51. The second-order valence-corrected chi connectivity index (χ2v) is 21.6. The Morgan fingerprint density at radius 3 is 0.867 bits per heavy atom. The van der Waals surface area contributed by atoms with Crippen LogP contribution in [-0.4, -0.2) is 37.2 Å². The van der Waals surface area contributed by atoms with Gasteiger partial charge < -0.3 is 14.2 Å². The Bertz CT molecular complexity index is 1390. The van der Waals surface area contributed by atoms with Crippen LogP contribution in [-0.2, 0) is 28.6 Å². The van der Waals surface area contributed by atoms with Gasteiger partial charge in [-0.1, -0.05) is 280 Å². The molecule has 0 aliphatic heterocycles. The van der Waals surface area contributed by atoms with Crippen molar-refractivity contribution in [2.75, 3.05) is 13.2 Å². The van der Waals surface area contributed by atoms with Gasteiger partial charge in [-0.05, 0) is 103 Å². The first-order valence-corrected chi connectivity index (χ1v) is 32.4. The highest BCUT2D eigenvalue weighted by atomic mass is 16.6. The smallest absolute Gasteiger partial charge is 0.306 e. The number of allylic oxidation sites excluding steroid dienone is 12.